The summed E-state index contributed by atoms with van der Waals surface area (Å²) in [6.07, 6.45) is 2.09. The molecule has 5 heteroatoms. The van der Waals surface area contributed by atoms with E-state index in [2.05, 4.69) is 0 Å². The van der Waals surface area contributed by atoms with E-state index in [1.807, 2.05) is 0 Å². The van der Waals surface area contributed by atoms with Gasteiger partial charge in [-0.05, 0) is 18.6 Å². The van der Waals surface area contributed by atoms with Crippen molar-refractivity contribution in [2.45, 2.75) is 18.1 Å². The SMILES string of the molecule is COCCN(CCO)C(=O)C1CCCS1. The molecule has 1 N–H and O–H groups in total. The van der Waals surface area contributed by atoms with E-state index < -0.39 is 0 Å². The van der Waals surface area contributed by atoms with Crippen LogP contribution in [-0.4, -0.2) is 60.3 Å². The zero-order valence-electron chi connectivity index (χ0n) is 9.15. The molecule has 0 aliphatic carbocycles. The van der Waals surface area contributed by atoms with Crippen molar-refractivity contribution in [3.63, 3.8) is 0 Å². The lowest BCUT2D eigenvalue weighted by Crippen LogP contribution is -2.40. The third-order valence-corrected chi connectivity index (χ3v) is 3.82. The topological polar surface area (TPSA) is 49.8 Å². The molecule has 88 valence electrons. The first kappa shape index (κ1) is 12.8. The molecule has 1 fully saturated rings. The number of amides is 1. The van der Waals surface area contributed by atoms with Gasteiger partial charge < -0.3 is 14.7 Å². The van der Waals surface area contributed by atoms with E-state index in [0.717, 1.165) is 18.6 Å². The van der Waals surface area contributed by atoms with E-state index in [9.17, 15) is 4.79 Å². The Kier molecular flexibility index (Phi) is 6.05. The van der Waals surface area contributed by atoms with Gasteiger partial charge in [0.2, 0.25) is 5.91 Å². The second-order valence-electron chi connectivity index (χ2n) is 3.54. The summed E-state index contributed by atoms with van der Waals surface area (Å²) in [5, 5.41) is 8.99. The molecule has 0 saturated carbocycles. The Morgan fingerprint density at radius 1 is 1.60 bits per heavy atom. The predicted molar refractivity (Wildman–Crippen MR) is 61.0 cm³/mol. The first-order valence-electron chi connectivity index (χ1n) is 5.29. The van der Waals surface area contributed by atoms with Crippen LogP contribution in [0.25, 0.3) is 0 Å². The van der Waals surface area contributed by atoms with Crippen LogP contribution in [0.5, 0.6) is 0 Å². The summed E-state index contributed by atoms with van der Waals surface area (Å²) in [6.45, 7) is 1.54. The Balaban J connectivity index is 2.41. The molecular formula is C10H19NO3S. The van der Waals surface area contributed by atoms with Crippen LogP contribution in [-0.2, 0) is 9.53 Å². The number of carbonyl (C=O) groups is 1. The van der Waals surface area contributed by atoms with Gasteiger partial charge in [-0.15, -0.1) is 11.8 Å². The Labute approximate surface area is 95.0 Å². The minimum Gasteiger partial charge on any atom is -0.395 e. The number of carbonyl (C=O) groups excluding carboxylic acids is 1. The zero-order chi connectivity index (χ0) is 11.1. The Bertz CT molecular complexity index is 195. The summed E-state index contributed by atoms with van der Waals surface area (Å²) in [5.41, 5.74) is 0. The number of aliphatic hydroxyl groups excluding tert-OH is 1. The van der Waals surface area contributed by atoms with Gasteiger partial charge >= 0.3 is 0 Å². The van der Waals surface area contributed by atoms with Crippen molar-refractivity contribution < 1.29 is 14.6 Å². The first-order chi connectivity index (χ1) is 7.29. The van der Waals surface area contributed by atoms with Gasteiger partial charge in [0.05, 0.1) is 18.5 Å². The molecule has 0 aromatic carbocycles. The second-order valence-corrected chi connectivity index (χ2v) is 4.85. The van der Waals surface area contributed by atoms with Crippen molar-refractivity contribution in [2.75, 3.05) is 39.2 Å². The maximum absolute atomic E-state index is 12.0. The maximum atomic E-state index is 12.0. The molecule has 0 bridgehead atoms. The quantitative estimate of drug-likeness (QED) is 0.719. The van der Waals surface area contributed by atoms with Gasteiger partial charge in [-0.1, -0.05) is 0 Å². The van der Waals surface area contributed by atoms with Crippen LogP contribution in [0.1, 0.15) is 12.8 Å². The highest BCUT2D eigenvalue weighted by molar-refractivity contribution is 8.00. The van der Waals surface area contributed by atoms with Crippen molar-refractivity contribution in [1.29, 1.82) is 0 Å². The summed E-state index contributed by atoms with van der Waals surface area (Å²) in [6, 6.07) is 0. The minimum absolute atomic E-state index is 0.0207. The number of rotatable bonds is 6. The van der Waals surface area contributed by atoms with Crippen LogP contribution in [0.15, 0.2) is 0 Å². The lowest BCUT2D eigenvalue weighted by Gasteiger charge is -2.24. The second kappa shape index (κ2) is 7.09. The molecule has 1 unspecified atom stereocenters. The van der Waals surface area contributed by atoms with Crippen LogP contribution in [0.4, 0.5) is 0 Å². The van der Waals surface area contributed by atoms with Crippen molar-refractivity contribution in [3.05, 3.63) is 0 Å². The normalized spacial score (nSPS) is 20.5. The molecular weight excluding hydrogens is 214 g/mol. The molecule has 0 spiro atoms. The van der Waals surface area contributed by atoms with Gasteiger partial charge in [-0.3, -0.25) is 4.79 Å². The largest absolute Gasteiger partial charge is 0.395 e. The van der Waals surface area contributed by atoms with Gasteiger partial charge in [0, 0.05) is 20.2 Å². The van der Waals surface area contributed by atoms with E-state index in [0.29, 0.717) is 19.7 Å². The first-order valence-corrected chi connectivity index (χ1v) is 6.34. The highest BCUT2D eigenvalue weighted by Crippen LogP contribution is 2.27. The highest BCUT2D eigenvalue weighted by atomic mass is 32.2. The van der Waals surface area contributed by atoms with Crippen molar-refractivity contribution in [3.8, 4) is 0 Å². The van der Waals surface area contributed by atoms with E-state index in [4.69, 9.17) is 9.84 Å². The van der Waals surface area contributed by atoms with Crippen LogP contribution >= 0.6 is 11.8 Å². The molecule has 1 saturated heterocycles. The number of methoxy groups -OCH3 is 1. The number of aliphatic hydroxyl groups is 1. The monoisotopic (exact) mass is 233 g/mol. The summed E-state index contributed by atoms with van der Waals surface area (Å²) < 4.78 is 4.95. The average Bonchev–Trinajstić information content (AvgIpc) is 2.76. The van der Waals surface area contributed by atoms with Gasteiger partial charge in [0.15, 0.2) is 0 Å². The Hall–Kier alpha value is -0.260. The fourth-order valence-corrected chi connectivity index (χ4v) is 2.87. The molecule has 1 aliphatic heterocycles. The summed E-state index contributed by atoms with van der Waals surface area (Å²) in [5.74, 6) is 1.23. The van der Waals surface area contributed by atoms with Gasteiger partial charge in [0.1, 0.15) is 0 Å². The highest BCUT2D eigenvalue weighted by Gasteiger charge is 2.27. The molecule has 1 aliphatic rings. The van der Waals surface area contributed by atoms with Gasteiger partial charge in [-0.25, -0.2) is 0 Å². The molecule has 0 radical (unpaired) electrons. The fourth-order valence-electron chi connectivity index (χ4n) is 1.63. The van der Waals surface area contributed by atoms with Crippen LogP contribution in [0, 0.1) is 0 Å². The van der Waals surface area contributed by atoms with Gasteiger partial charge in [-0.2, -0.15) is 0 Å². The molecule has 1 rings (SSSR count). The summed E-state index contributed by atoms with van der Waals surface area (Å²) in [7, 11) is 1.62. The number of thioether (sulfide) groups is 1. The molecule has 1 amide bonds. The zero-order valence-corrected chi connectivity index (χ0v) is 9.96. The molecule has 1 heterocycles. The molecule has 0 aromatic heterocycles. The summed E-state index contributed by atoms with van der Waals surface area (Å²) in [4.78, 5) is 13.7. The number of hydrogen-bond acceptors (Lipinski definition) is 4. The average molecular weight is 233 g/mol. The third kappa shape index (κ3) is 4.01. The van der Waals surface area contributed by atoms with E-state index in [1.54, 1.807) is 23.8 Å². The minimum atomic E-state index is 0.0207. The number of hydrogen-bond donors (Lipinski definition) is 1. The van der Waals surface area contributed by atoms with Crippen LogP contribution in [0.2, 0.25) is 0 Å². The van der Waals surface area contributed by atoms with Gasteiger partial charge in [0.25, 0.3) is 0 Å². The standard InChI is InChI=1S/C10H19NO3S/c1-14-7-5-11(4-6-12)10(13)9-3-2-8-15-9/h9,12H,2-8H2,1H3. The van der Waals surface area contributed by atoms with E-state index >= 15 is 0 Å². The maximum Gasteiger partial charge on any atom is 0.235 e. The van der Waals surface area contributed by atoms with E-state index in [1.165, 1.54) is 0 Å². The van der Waals surface area contributed by atoms with Crippen LogP contribution in [0.3, 0.4) is 0 Å². The van der Waals surface area contributed by atoms with Crippen molar-refractivity contribution in [1.82, 2.24) is 4.90 Å². The summed E-state index contributed by atoms with van der Waals surface area (Å²) >= 11 is 1.72. The lowest BCUT2D eigenvalue weighted by atomic mass is 10.2. The molecule has 15 heavy (non-hydrogen) atoms. The number of nitrogens with zero attached hydrogens (tertiary/aromatic N) is 1. The molecule has 4 nitrogen and oxygen atoms in total. The Morgan fingerprint density at radius 3 is 2.93 bits per heavy atom. The molecule has 0 aromatic rings. The Morgan fingerprint density at radius 2 is 2.40 bits per heavy atom. The third-order valence-electron chi connectivity index (χ3n) is 2.45. The fraction of sp³-hybridized carbons (Fsp3) is 0.900. The molecule has 1 atom stereocenters. The smallest absolute Gasteiger partial charge is 0.235 e. The van der Waals surface area contributed by atoms with Crippen molar-refractivity contribution >= 4 is 17.7 Å². The van der Waals surface area contributed by atoms with E-state index in [-0.39, 0.29) is 17.8 Å². The van der Waals surface area contributed by atoms with Crippen LogP contribution < -0.4 is 0 Å². The number of ether oxygens (including phenoxy) is 1. The predicted octanol–water partition coefficient (Wildman–Crippen LogP) is 0.349. The van der Waals surface area contributed by atoms with Crippen molar-refractivity contribution in [2.24, 2.45) is 0 Å². The lowest BCUT2D eigenvalue weighted by molar-refractivity contribution is -0.131.